The van der Waals surface area contributed by atoms with Gasteiger partial charge in [0.2, 0.25) is 10.0 Å². The minimum Gasteiger partial charge on any atom is -0.459 e. The Morgan fingerprint density at radius 2 is 1.75 bits per heavy atom. The minimum absolute atomic E-state index is 0.0196. The molecule has 0 aliphatic heterocycles. The van der Waals surface area contributed by atoms with Crippen molar-refractivity contribution in [2.24, 2.45) is 0 Å². The molecule has 1 aromatic carbocycles. The summed E-state index contributed by atoms with van der Waals surface area (Å²) in [6, 6.07) is 7.28. The molecule has 1 aliphatic carbocycles. The van der Waals surface area contributed by atoms with Crippen LogP contribution in [0.1, 0.15) is 58.6 Å². The largest absolute Gasteiger partial charge is 0.459 e. The average Bonchev–Trinajstić information content (AvgIpc) is 3.21. The lowest BCUT2D eigenvalue weighted by atomic mass is 9.96. The molecule has 9 heteroatoms. The number of benzene rings is 1. The molecular formula is C19H23N3O5S. The number of hydrogen-bond acceptors (Lipinski definition) is 5. The Morgan fingerprint density at radius 3 is 2.43 bits per heavy atom. The number of carbonyl (C=O) groups excluding carboxylic acids is 2. The van der Waals surface area contributed by atoms with Crippen molar-refractivity contribution in [2.45, 2.75) is 50.0 Å². The topological polar surface area (TPSA) is 118 Å². The second-order valence-corrected chi connectivity index (χ2v) is 8.53. The van der Waals surface area contributed by atoms with E-state index in [9.17, 15) is 18.0 Å². The molecule has 2 amide bonds. The first-order valence-corrected chi connectivity index (χ1v) is 10.6. The summed E-state index contributed by atoms with van der Waals surface area (Å²) < 4.78 is 33.0. The van der Waals surface area contributed by atoms with Gasteiger partial charge in [-0.05, 0) is 49.6 Å². The predicted octanol–water partition coefficient (Wildman–Crippen LogP) is 2.27. The number of amides is 2. The van der Waals surface area contributed by atoms with Gasteiger partial charge in [-0.15, -0.1) is 0 Å². The average molecular weight is 405 g/mol. The van der Waals surface area contributed by atoms with Crippen molar-refractivity contribution in [1.29, 1.82) is 0 Å². The number of sulfonamides is 1. The fourth-order valence-electron chi connectivity index (χ4n) is 3.17. The maximum absolute atomic E-state index is 12.7. The Bertz CT molecular complexity index is 948. The van der Waals surface area contributed by atoms with E-state index in [1.807, 2.05) is 0 Å². The number of rotatable bonds is 5. The Hall–Kier alpha value is -2.65. The van der Waals surface area contributed by atoms with Gasteiger partial charge in [0.05, 0.1) is 11.2 Å². The lowest BCUT2D eigenvalue weighted by molar-refractivity contribution is 0.0830. The number of nitrogens with one attached hydrogen (secondary N) is 3. The van der Waals surface area contributed by atoms with Gasteiger partial charge in [0.1, 0.15) is 0 Å². The van der Waals surface area contributed by atoms with Crippen LogP contribution in [0.5, 0.6) is 0 Å². The first-order valence-electron chi connectivity index (χ1n) is 9.14. The zero-order valence-corrected chi connectivity index (χ0v) is 16.3. The molecule has 1 aliphatic rings. The van der Waals surface area contributed by atoms with E-state index >= 15 is 0 Å². The lowest BCUT2D eigenvalue weighted by Crippen LogP contribution is -2.42. The fourth-order valence-corrected chi connectivity index (χ4v) is 4.50. The highest BCUT2D eigenvalue weighted by Crippen LogP contribution is 2.21. The predicted molar refractivity (Wildman–Crippen MR) is 102 cm³/mol. The summed E-state index contributed by atoms with van der Waals surface area (Å²) >= 11 is 0. The maximum atomic E-state index is 12.7. The van der Waals surface area contributed by atoms with Crippen molar-refractivity contribution >= 4 is 21.8 Å². The number of hydrogen-bond donors (Lipinski definition) is 3. The van der Waals surface area contributed by atoms with Crippen molar-refractivity contribution < 1.29 is 22.4 Å². The zero-order valence-electron chi connectivity index (χ0n) is 15.5. The Kier molecular flexibility index (Phi) is 6.15. The van der Waals surface area contributed by atoms with Crippen molar-refractivity contribution in [2.75, 3.05) is 0 Å². The van der Waals surface area contributed by atoms with E-state index in [1.54, 1.807) is 19.1 Å². The van der Waals surface area contributed by atoms with Crippen LogP contribution in [0.15, 0.2) is 45.9 Å². The smallest absolute Gasteiger partial charge is 0.305 e. The molecule has 3 rings (SSSR count). The molecule has 1 aromatic heterocycles. The minimum atomic E-state index is -3.73. The third-order valence-corrected chi connectivity index (χ3v) is 6.24. The molecule has 28 heavy (non-hydrogen) atoms. The van der Waals surface area contributed by atoms with E-state index in [2.05, 4.69) is 15.6 Å². The van der Waals surface area contributed by atoms with Gasteiger partial charge >= 0.3 is 5.91 Å². The van der Waals surface area contributed by atoms with E-state index in [0.717, 1.165) is 32.1 Å². The normalized spacial score (nSPS) is 15.2. The zero-order chi connectivity index (χ0) is 20.1. The molecule has 0 radical (unpaired) electrons. The first-order chi connectivity index (χ1) is 13.4. The molecule has 0 atom stereocenters. The number of carbonyl (C=O) groups is 2. The molecular weight excluding hydrogens is 382 g/mol. The molecule has 0 spiro atoms. The van der Waals surface area contributed by atoms with Gasteiger partial charge in [-0.1, -0.05) is 25.3 Å². The quantitative estimate of drug-likeness (QED) is 0.660. The fraction of sp³-hybridized carbons (Fsp3) is 0.368. The Morgan fingerprint density at radius 1 is 1.04 bits per heavy atom. The van der Waals surface area contributed by atoms with Crippen LogP contribution in [0.25, 0.3) is 0 Å². The van der Waals surface area contributed by atoms with Gasteiger partial charge < -0.3 is 4.42 Å². The summed E-state index contributed by atoms with van der Waals surface area (Å²) in [5.74, 6) is -1.18. The molecule has 1 fully saturated rings. The van der Waals surface area contributed by atoms with Crippen LogP contribution in [0, 0.1) is 6.92 Å². The highest BCUT2D eigenvalue weighted by molar-refractivity contribution is 7.89. The SMILES string of the molecule is Cc1ccc(S(=O)(=O)NC2CCCCC2)cc1C(=O)NNC(=O)c1ccco1. The molecule has 2 aromatic rings. The van der Waals surface area contributed by atoms with Gasteiger partial charge in [0, 0.05) is 11.6 Å². The summed E-state index contributed by atoms with van der Waals surface area (Å²) in [6.07, 6.45) is 6.11. The van der Waals surface area contributed by atoms with Crippen molar-refractivity contribution in [3.63, 3.8) is 0 Å². The van der Waals surface area contributed by atoms with Crippen LogP contribution in [-0.4, -0.2) is 26.3 Å². The monoisotopic (exact) mass is 405 g/mol. The van der Waals surface area contributed by atoms with Gasteiger partial charge in [0.25, 0.3) is 5.91 Å². The van der Waals surface area contributed by atoms with Crippen LogP contribution in [0.2, 0.25) is 0 Å². The van der Waals surface area contributed by atoms with Crippen LogP contribution >= 0.6 is 0 Å². The van der Waals surface area contributed by atoms with Gasteiger partial charge in [-0.3, -0.25) is 20.4 Å². The Balaban J connectivity index is 1.71. The van der Waals surface area contributed by atoms with Crippen LogP contribution in [0.3, 0.4) is 0 Å². The van der Waals surface area contributed by atoms with E-state index < -0.39 is 21.8 Å². The van der Waals surface area contributed by atoms with Gasteiger partial charge in [-0.25, -0.2) is 13.1 Å². The second-order valence-electron chi connectivity index (χ2n) is 6.82. The van der Waals surface area contributed by atoms with E-state index in [-0.39, 0.29) is 22.3 Å². The van der Waals surface area contributed by atoms with Crippen molar-refractivity contribution in [1.82, 2.24) is 15.6 Å². The summed E-state index contributed by atoms with van der Waals surface area (Å²) in [5, 5.41) is 0. The second kappa shape index (κ2) is 8.57. The third kappa shape index (κ3) is 4.79. The summed E-state index contributed by atoms with van der Waals surface area (Å²) in [5.41, 5.74) is 5.25. The van der Waals surface area contributed by atoms with Gasteiger partial charge in [0.15, 0.2) is 5.76 Å². The van der Waals surface area contributed by atoms with Crippen LogP contribution in [-0.2, 0) is 10.0 Å². The highest BCUT2D eigenvalue weighted by atomic mass is 32.2. The standard InChI is InChI=1S/C19H23N3O5S/c1-13-9-10-15(28(25,26)22-14-6-3-2-4-7-14)12-16(13)18(23)20-21-19(24)17-8-5-11-27-17/h5,8-12,14,22H,2-4,6-7H2,1H3,(H,20,23)(H,21,24). The molecule has 0 bridgehead atoms. The summed E-state index contributed by atoms with van der Waals surface area (Å²) in [7, 11) is -3.73. The molecule has 0 unspecified atom stereocenters. The number of aryl methyl sites for hydroxylation is 1. The number of hydrazine groups is 1. The maximum Gasteiger partial charge on any atom is 0.305 e. The molecule has 1 saturated carbocycles. The highest BCUT2D eigenvalue weighted by Gasteiger charge is 2.23. The molecule has 3 N–H and O–H groups in total. The summed E-state index contributed by atoms with van der Waals surface area (Å²) in [4.78, 5) is 24.3. The van der Waals surface area contributed by atoms with E-state index in [4.69, 9.17) is 4.42 Å². The van der Waals surface area contributed by atoms with Crippen molar-refractivity contribution in [3.05, 3.63) is 53.5 Å². The first kappa shape index (κ1) is 20.1. The molecule has 8 nitrogen and oxygen atoms in total. The molecule has 1 heterocycles. The Labute approximate surface area is 163 Å². The van der Waals surface area contributed by atoms with E-state index in [0.29, 0.717) is 5.56 Å². The summed E-state index contributed by atoms with van der Waals surface area (Å²) in [6.45, 7) is 1.69. The van der Waals surface area contributed by atoms with Crippen LogP contribution in [0.4, 0.5) is 0 Å². The lowest BCUT2D eigenvalue weighted by Gasteiger charge is -2.22. The van der Waals surface area contributed by atoms with E-state index in [1.165, 1.54) is 24.5 Å². The number of furan rings is 1. The van der Waals surface area contributed by atoms with Gasteiger partial charge in [-0.2, -0.15) is 0 Å². The van der Waals surface area contributed by atoms with Crippen LogP contribution < -0.4 is 15.6 Å². The molecule has 0 saturated heterocycles. The van der Waals surface area contributed by atoms with Crippen molar-refractivity contribution in [3.8, 4) is 0 Å². The molecule has 150 valence electrons. The third-order valence-electron chi connectivity index (χ3n) is 4.73.